The van der Waals surface area contributed by atoms with Crippen molar-refractivity contribution < 1.29 is 19.4 Å². The zero-order valence-corrected chi connectivity index (χ0v) is 11.6. The van der Waals surface area contributed by atoms with Crippen LogP contribution in [0.1, 0.15) is 46.5 Å². The largest absolute Gasteiger partial charge is 0.481 e. The van der Waals surface area contributed by atoms with Gasteiger partial charge in [0.05, 0.1) is 5.92 Å². The van der Waals surface area contributed by atoms with Crippen molar-refractivity contribution in [2.45, 2.75) is 58.1 Å². The minimum atomic E-state index is -0.728. The smallest absolute Gasteiger partial charge is 0.410 e. The molecule has 0 atom stereocenters. The lowest BCUT2D eigenvalue weighted by atomic mass is 9.85. The number of hydrogen-bond acceptors (Lipinski definition) is 3. The molecule has 5 nitrogen and oxygen atoms in total. The normalized spacial score (nSPS) is 24.4. The topological polar surface area (TPSA) is 66.8 Å². The summed E-state index contributed by atoms with van der Waals surface area (Å²) in [6.45, 7) is 5.50. The Kier molecular flexibility index (Phi) is 4.59. The maximum Gasteiger partial charge on any atom is 0.410 e. The SMILES string of the molecule is CN(C(=O)OC(C)(C)C)C1CCC(C(=O)O)CC1. The zero-order valence-electron chi connectivity index (χ0n) is 11.6. The third kappa shape index (κ3) is 4.20. The number of carbonyl (C=O) groups excluding carboxylic acids is 1. The monoisotopic (exact) mass is 257 g/mol. The van der Waals surface area contributed by atoms with Crippen LogP contribution in [0.5, 0.6) is 0 Å². The number of carboxylic acids is 1. The predicted molar refractivity (Wildman–Crippen MR) is 67.4 cm³/mol. The first-order valence-corrected chi connectivity index (χ1v) is 6.39. The van der Waals surface area contributed by atoms with Crippen LogP contribution in [0, 0.1) is 5.92 Å². The van der Waals surface area contributed by atoms with Gasteiger partial charge in [0.15, 0.2) is 0 Å². The number of carbonyl (C=O) groups is 2. The molecule has 104 valence electrons. The zero-order chi connectivity index (χ0) is 13.9. The molecule has 0 aromatic carbocycles. The first-order valence-electron chi connectivity index (χ1n) is 6.39. The van der Waals surface area contributed by atoms with E-state index in [0.717, 1.165) is 12.8 Å². The van der Waals surface area contributed by atoms with E-state index < -0.39 is 11.6 Å². The van der Waals surface area contributed by atoms with E-state index in [-0.39, 0.29) is 18.1 Å². The van der Waals surface area contributed by atoms with Crippen molar-refractivity contribution >= 4 is 12.1 Å². The van der Waals surface area contributed by atoms with Crippen molar-refractivity contribution in [2.75, 3.05) is 7.05 Å². The highest BCUT2D eigenvalue weighted by Gasteiger charge is 2.31. The first-order chi connectivity index (χ1) is 8.20. The van der Waals surface area contributed by atoms with E-state index in [1.807, 2.05) is 20.8 Å². The van der Waals surface area contributed by atoms with Gasteiger partial charge in [-0.25, -0.2) is 4.79 Å². The van der Waals surface area contributed by atoms with Crippen LogP contribution in [0.2, 0.25) is 0 Å². The highest BCUT2D eigenvalue weighted by atomic mass is 16.6. The second kappa shape index (κ2) is 5.59. The Morgan fingerprint density at radius 2 is 1.67 bits per heavy atom. The molecule has 0 aromatic rings. The average Bonchev–Trinajstić information content (AvgIpc) is 2.26. The summed E-state index contributed by atoms with van der Waals surface area (Å²) in [4.78, 5) is 24.3. The lowest BCUT2D eigenvalue weighted by Crippen LogP contribution is -2.43. The van der Waals surface area contributed by atoms with E-state index >= 15 is 0 Å². The van der Waals surface area contributed by atoms with E-state index in [2.05, 4.69) is 0 Å². The minimum absolute atomic E-state index is 0.0930. The molecule has 5 heteroatoms. The Morgan fingerprint density at radius 3 is 2.06 bits per heavy atom. The number of aliphatic carboxylic acids is 1. The van der Waals surface area contributed by atoms with Crippen molar-refractivity contribution in [2.24, 2.45) is 5.92 Å². The van der Waals surface area contributed by atoms with Crippen LogP contribution < -0.4 is 0 Å². The molecule has 18 heavy (non-hydrogen) atoms. The number of amides is 1. The van der Waals surface area contributed by atoms with E-state index in [9.17, 15) is 9.59 Å². The van der Waals surface area contributed by atoms with Crippen molar-refractivity contribution in [3.8, 4) is 0 Å². The van der Waals surface area contributed by atoms with Crippen LogP contribution in [0.25, 0.3) is 0 Å². The average molecular weight is 257 g/mol. The summed E-state index contributed by atoms with van der Waals surface area (Å²) in [5, 5.41) is 8.92. The van der Waals surface area contributed by atoms with Gasteiger partial charge < -0.3 is 14.7 Å². The summed E-state index contributed by atoms with van der Waals surface area (Å²) in [7, 11) is 1.72. The molecule has 0 aromatic heterocycles. The van der Waals surface area contributed by atoms with Crippen molar-refractivity contribution in [1.29, 1.82) is 0 Å². The Morgan fingerprint density at radius 1 is 1.17 bits per heavy atom. The molecular formula is C13H23NO4. The fraction of sp³-hybridized carbons (Fsp3) is 0.846. The minimum Gasteiger partial charge on any atom is -0.481 e. The molecule has 1 saturated carbocycles. The van der Waals surface area contributed by atoms with Gasteiger partial charge in [-0.15, -0.1) is 0 Å². The van der Waals surface area contributed by atoms with Gasteiger partial charge in [0.2, 0.25) is 0 Å². The molecular weight excluding hydrogens is 234 g/mol. The molecule has 0 bridgehead atoms. The number of carboxylic acid groups (broad SMARTS) is 1. The standard InChI is InChI=1S/C13H23NO4/c1-13(2,3)18-12(17)14(4)10-7-5-9(6-8-10)11(15)16/h9-10H,5-8H2,1-4H3,(H,15,16). The van der Waals surface area contributed by atoms with Gasteiger partial charge >= 0.3 is 12.1 Å². The Hall–Kier alpha value is -1.26. The van der Waals surface area contributed by atoms with Crippen LogP contribution in [0.3, 0.4) is 0 Å². The molecule has 0 radical (unpaired) electrons. The molecule has 1 N–H and O–H groups in total. The molecule has 0 unspecified atom stereocenters. The summed E-state index contributed by atoms with van der Waals surface area (Å²) in [6, 6.07) is 0.0930. The summed E-state index contributed by atoms with van der Waals surface area (Å²) in [5.74, 6) is -0.985. The molecule has 1 amide bonds. The summed E-state index contributed by atoms with van der Waals surface area (Å²) >= 11 is 0. The maximum absolute atomic E-state index is 11.9. The third-order valence-electron chi connectivity index (χ3n) is 3.28. The van der Waals surface area contributed by atoms with Gasteiger partial charge in [0, 0.05) is 13.1 Å². The Balaban J connectivity index is 2.47. The van der Waals surface area contributed by atoms with Gasteiger partial charge in [-0.2, -0.15) is 0 Å². The molecule has 1 aliphatic rings. The lowest BCUT2D eigenvalue weighted by Gasteiger charge is -2.34. The van der Waals surface area contributed by atoms with Crippen LogP contribution in [0.4, 0.5) is 4.79 Å². The van der Waals surface area contributed by atoms with E-state index in [0.29, 0.717) is 12.8 Å². The van der Waals surface area contributed by atoms with E-state index in [1.165, 1.54) is 0 Å². The van der Waals surface area contributed by atoms with Gasteiger partial charge in [0.1, 0.15) is 5.60 Å². The third-order valence-corrected chi connectivity index (χ3v) is 3.28. The predicted octanol–water partition coefficient (Wildman–Crippen LogP) is 2.50. The molecule has 0 heterocycles. The van der Waals surface area contributed by atoms with Gasteiger partial charge in [-0.05, 0) is 46.5 Å². The molecule has 1 rings (SSSR count). The number of rotatable bonds is 2. The van der Waals surface area contributed by atoms with Crippen LogP contribution in [-0.4, -0.2) is 40.8 Å². The molecule has 0 spiro atoms. The van der Waals surface area contributed by atoms with Crippen LogP contribution >= 0.6 is 0 Å². The second-order valence-electron chi connectivity index (χ2n) is 5.93. The molecule has 0 aliphatic heterocycles. The van der Waals surface area contributed by atoms with Crippen LogP contribution in [-0.2, 0) is 9.53 Å². The summed E-state index contributed by atoms with van der Waals surface area (Å²) < 4.78 is 5.30. The summed E-state index contributed by atoms with van der Waals surface area (Å²) in [6.07, 6.45) is 2.39. The second-order valence-corrected chi connectivity index (χ2v) is 5.93. The fourth-order valence-corrected chi connectivity index (χ4v) is 2.19. The van der Waals surface area contributed by atoms with Crippen molar-refractivity contribution in [3.63, 3.8) is 0 Å². The van der Waals surface area contributed by atoms with Crippen molar-refractivity contribution in [3.05, 3.63) is 0 Å². The highest BCUT2D eigenvalue weighted by molar-refractivity contribution is 5.70. The van der Waals surface area contributed by atoms with Gasteiger partial charge in [0.25, 0.3) is 0 Å². The molecule has 1 fully saturated rings. The maximum atomic E-state index is 11.9. The van der Waals surface area contributed by atoms with E-state index in [4.69, 9.17) is 9.84 Å². The summed E-state index contributed by atoms with van der Waals surface area (Å²) in [5.41, 5.74) is -0.496. The molecule has 1 aliphatic carbocycles. The van der Waals surface area contributed by atoms with Crippen LogP contribution in [0.15, 0.2) is 0 Å². The lowest BCUT2D eigenvalue weighted by molar-refractivity contribution is -0.143. The fourth-order valence-electron chi connectivity index (χ4n) is 2.19. The van der Waals surface area contributed by atoms with Gasteiger partial charge in [-0.1, -0.05) is 0 Å². The Labute approximate surface area is 108 Å². The number of ether oxygens (including phenoxy) is 1. The van der Waals surface area contributed by atoms with Gasteiger partial charge in [-0.3, -0.25) is 4.79 Å². The van der Waals surface area contributed by atoms with Crippen molar-refractivity contribution in [1.82, 2.24) is 4.90 Å². The Bertz CT molecular complexity index is 313. The quantitative estimate of drug-likeness (QED) is 0.825. The number of hydrogen-bond donors (Lipinski definition) is 1. The molecule has 0 saturated heterocycles. The number of nitrogens with zero attached hydrogens (tertiary/aromatic N) is 1. The first kappa shape index (κ1) is 14.8. The van der Waals surface area contributed by atoms with E-state index in [1.54, 1.807) is 11.9 Å². The highest BCUT2D eigenvalue weighted by Crippen LogP contribution is 2.27.